The van der Waals surface area contributed by atoms with Crippen LogP contribution >= 0.6 is 11.8 Å². The van der Waals surface area contributed by atoms with Crippen LogP contribution in [0, 0.1) is 0 Å². The summed E-state index contributed by atoms with van der Waals surface area (Å²) in [5.74, 6) is -0.173. The first-order valence-electron chi connectivity index (χ1n) is 10.3. The molecule has 2 aliphatic heterocycles. The van der Waals surface area contributed by atoms with Gasteiger partial charge >= 0.3 is 0 Å². The number of morpholine rings is 1. The maximum absolute atomic E-state index is 12.4. The Bertz CT molecular complexity index is 937. The Labute approximate surface area is 180 Å². The van der Waals surface area contributed by atoms with E-state index in [-0.39, 0.29) is 11.8 Å². The van der Waals surface area contributed by atoms with Gasteiger partial charge in [-0.15, -0.1) is 0 Å². The normalized spacial score (nSPS) is 18.0. The Balaban J connectivity index is 1.30. The third-order valence-electron chi connectivity index (χ3n) is 5.24. The maximum Gasteiger partial charge on any atom is 0.262 e. The second kappa shape index (κ2) is 9.93. The van der Waals surface area contributed by atoms with Crippen LogP contribution in [-0.4, -0.2) is 51.2 Å². The summed E-state index contributed by atoms with van der Waals surface area (Å²) in [7, 11) is 0. The molecule has 2 aromatic carbocycles. The molecule has 0 aromatic heterocycles. The van der Waals surface area contributed by atoms with Gasteiger partial charge in [-0.2, -0.15) is 0 Å². The molecule has 0 bridgehead atoms. The first-order valence-corrected chi connectivity index (χ1v) is 11.1. The zero-order valence-electron chi connectivity index (χ0n) is 16.8. The first-order chi connectivity index (χ1) is 14.7. The summed E-state index contributed by atoms with van der Waals surface area (Å²) < 4.78 is 5.36. The van der Waals surface area contributed by atoms with Gasteiger partial charge in [-0.3, -0.25) is 9.59 Å². The van der Waals surface area contributed by atoms with E-state index in [1.54, 1.807) is 17.0 Å². The van der Waals surface area contributed by atoms with Gasteiger partial charge < -0.3 is 20.3 Å². The van der Waals surface area contributed by atoms with Crippen LogP contribution in [0.4, 0.5) is 5.69 Å². The molecule has 1 fully saturated rings. The number of amides is 2. The van der Waals surface area contributed by atoms with Crippen LogP contribution in [0.2, 0.25) is 0 Å². The fourth-order valence-corrected chi connectivity index (χ4v) is 4.49. The van der Waals surface area contributed by atoms with E-state index in [9.17, 15) is 9.59 Å². The smallest absolute Gasteiger partial charge is 0.262 e. The number of anilines is 1. The number of thioether (sulfide) groups is 1. The molecule has 2 aliphatic rings. The van der Waals surface area contributed by atoms with Crippen LogP contribution < -0.4 is 15.5 Å². The summed E-state index contributed by atoms with van der Waals surface area (Å²) >= 11 is 1.46. The van der Waals surface area contributed by atoms with Crippen molar-refractivity contribution in [1.82, 2.24) is 5.32 Å². The highest BCUT2D eigenvalue weighted by Gasteiger charge is 2.20. The second-order valence-electron chi connectivity index (χ2n) is 7.40. The molecule has 2 heterocycles. The van der Waals surface area contributed by atoms with Crippen molar-refractivity contribution < 1.29 is 19.2 Å². The van der Waals surface area contributed by atoms with Crippen molar-refractivity contribution in [1.29, 1.82) is 0 Å². The lowest BCUT2D eigenvalue weighted by Gasteiger charge is -2.23. The Morgan fingerprint density at radius 3 is 2.70 bits per heavy atom. The minimum absolute atomic E-state index is 0.0649. The minimum Gasteiger partial charge on any atom is -0.370 e. The fraction of sp³-hybridized carbons (Fsp3) is 0.304. The van der Waals surface area contributed by atoms with E-state index in [2.05, 4.69) is 10.6 Å². The highest BCUT2D eigenvalue weighted by Crippen LogP contribution is 2.38. The molecular weight excluding hydrogens is 398 g/mol. The van der Waals surface area contributed by atoms with Crippen molar-refractivity contribution in [2.45, 2.75) is 11.3 Å². The van der Waals surface area contributed by atoms with E-state index in [1.807, 2.05) is 42.5 Å². The average Bonchev–Trinajstić information content (AvgIpc) is 2.78. The monoisotopic (exact) mass is 424 g/mol. The molecule has 1 saturated heterocycles. The van der Waals surface area contributed by atoms with Gasteiger partial charge in [0.15, 0.2) is 0 Å². The molecule has 0 aliphatic carbocycles. The Morgan fingerprint density at radius 1 is 1.13 bits per heavy atom. The number of nitrogens with one attached hydrogen (secondary N) is 3. The number of fused-ring (bicyclic) bond motifs is 1. The molecule has 0 saturated carbocycles. The molecule has 30 heavy (non-hydrogen) atoms. The summed E-state index contributed by atoms with van der Waals surface area (Å²) in [5, 5.41) is 5.90. The first kappa shape index (κ1) is 20.7. The topological polar surface area (TPSA) is 71.9 Å². The molecule has 2 aromatic rings. The van der Waals surface area contributed by atoms with Crippen molar-refractivity contribution in [2.75, 3.05) is 44.7 Å². The number of carbonyl (C=O) groups excluding carboxylic acids is 2. The third kappa shape index (κ3) is 5.30. The molecule has 6 nitrogen and oxygen atoms in total. The van der Waals surface area contributed by atoms with Crippen molar-refractivity contribution in [2.24, 2.45) is 0 Å². The van der Waals surface area contributed by atoms with E-state index < -0.39 is 0 Å². The summed E-state index contributed by atoms with van der Waals surface area (Å²) in [6.07, 6.45) is 2.81. The van der Waals surface area contributed by atoms with Crippen molar-refractivity contribution in [3.8, 4) is 0 Å². The van der Waals surface area contributed by atoms with Crippen LogP contribution in [0.1, 0.15) is 22.3 Å². The number of benzene rings is 2. The number of para-hydroxylation sites is 1. The van der Waals surface area contributed by atoms with Crippen molar-refractivity contribution in [3.05, 3.63) is 64.6 Å². The van der Waals surface area contributed by atoms with Gasteiger partial charge in [0.05, 0.1) is 30.4 Å². The van der Waals surface area contributed by atoms with E-state index in [0.29, 0.717) is 17.0 Å². The van der Waals surface area contributed by atoms with Gasteiger partial charge in [0, 0.05) is 23.4 Å². The maximum atomic E-state index is 12.4. The van der Waals surface area contributed by atoms with Gasteiger partial charge in [-0.25, -0.2) is 0 Å². The molecule has 0 atom stereocenters. The molecule has 3 N–H and O–H groups in total. The lowest BCUT2D eigenvalue weighted by molar-refractivity contribution is -0.908. The predicted octanol–water partition coefficient (Wildman–Crippen LogP) is 1.81. The van der Waals surface area contributed by atoms with Crippen LogP contribution in [0.15, 0.2) is 58.3 Å². The lowest BCUT2D eigenvalue weighted by Crippen LogP contribution is -3.14. The Morgan fingerprint density at radius 2 is 1.90 bits per heavy atom. The molecular formula is C23H26N3O3S+. The summed E-state index contributed by atoms with van der Waals surface area (Å²) in [6.45, 7) is 5.48. The van der Waals surface area contributed by atoms with Gasteiger partial charge in [-0.05, 0) is 35.9 Å². The average molecular weight is 425 g/mol. The summed E-state index contributed by atoms with van der Waals surface area (Å²) in [4.78, 5) is 27.9. The van der Waals surface area contributed by atoms with Crippen LogP contribution in [-0.2, 0) is 9.53 Å². The van der Waals surface area contributed by atoms with Crippen LogP contribution in [0.25, 0.3) is 6.08 Å². The number of carbonyl (C=O) groups is 2. The van der Waals surface area contributed by atoms with Gasteiger partial charge in [0.1, 0.15) is 13.1 Å². The lowest BCUT2D eigenvalue weighted by atomic mass is 10.1. The molecule has 7 heteroatoms. The van der Waals surface area contributed by atoms with E-state index in [4.69, 9.17) is 4.74 Å². The predicted molar refractivity (Wildman–Crippen MR) is 119 cm³/mol. The molecule has 0 unspecified atom stereocenters. The van der Waals surface area contributed by atoms with Crippen molar-refractivity contribution >= 4 is 35.3 Å². The number of hydrogen-bond donors (Lipinski definition) is 3. The highest BCUT2D eigenvalue weighted by molar-refractivity contribution is 8.04. The quantitative estimate of drug-likeness (QED) is 0.489. The van der Waals surface area contributed by atoms with Gasteiger partial charge in [-0.1, -0.05) is 36.0 Å². The minimum atomic E-state index is -0.108. The molecule has 2 amide bonds. The van der Waals surface area contributed by atoms with Crippen LogP contribution in [0.5, 0.6) is 0 Å². The number of hydrogen-bond acceptors (Lipinski definition) is 4. The van der Waals surface area contributed by atoms with Gasteiger partial charge in [0.25, 0.3) is 11.8 Å². The zero-order chi connectivity index (χ0) is 20.8. The van der Waals surface area contributed by atoms with E-state index >= 15 is 0 Å². The summed E-state index contributed by atoms with van der Waals surface area (Å²) in [6, 6.07) is 15.1. The fourth-order valence-electron chi connectivity index (χ4n) is 3.54. The number of quaternary nitrogens is 1. The second-order valence-corrected chi connectivity index (χ2v) is 8.49. The third-order valence-corrected chi connectivity index (χ3v) is 6.34. The van der Waals surface area contributed by atoms with E-state index in [0.717, 1.165) is 55.4 Å². The molecule has 0 spiro atoms. The van der Waals surface area contributed by atoms with Crippen molar-refractivity contribution in [3.63, 3.8) is 0 Å². The highest BCUT2D eigenvalue weighted by atomic mass is 32.2. The SMILES string of the molecule is O=C1Nc2ccccc2SC1=Cc1ccc(C(=O)NCCC[NH+]2CCOCC2)cc1. The van der Waals surface area contributed by atoms with E-state index in [1.165, 1.54) is 11.8 Å². The zero-order valence-corrected chi connectivity index (χ0v) is 17.6. The number of rotatable bonds is 6. The van der Waals surface area contributed by atoms with Crippen LogP contribution in [0.3, 0.4) is 0 Å². The summed E-state index contributed by atoms with van der Waals surface area (Å²) in [5.41, 5.74) is 2.35. The standard InChI is InChI=1S/C23H25N3O3S/c27-22(24-10-3-11-26-12-14-29-15-13-26)18-8-6-17(7-9-18)16-21-23(28)25-19-4-1-2-5-20(19)30-21/h1-2,4-9,16H,3,10-15H2,(H,24,27)(H,25,28)/p+1. The Hall–Kier alpha value is -2.61. The van der Waals surface area contributed by atoms with Gasteiger partial charge in [0.2, 0.25) is 0 Å². The largest absolute Gasteiger partial charge is 0.370 e. The molecule has 4 rings (SSSR count). The Kier molecular flexibility index (Phi) is 6.84. The molecule has 156 valence electrons. The molecule has 0 radical (unpaired) electrons. The number of ether oxygens (including phenoxy) is 1.